The lowest BCUT2D eigenvalue weighted by molar-refractivity contribution is -0.155. The summed E-state index contributed by atoms with van der Waals surface area (Å²) in [6.45, 7) is 1.93. The number of esters is 1. The second-order valence-corrected chi connectivity index (χ2v) is 8.46. The molecule has 1 aromatic carbocycles. The largest absolute Gasteiger partial charge is 0.462 e. The van der Waals surface area contributed by atoms with Gasteiger partial charge in [0.15, 0.2) is 5.58 Å². The van der Waals surface area contributed by atoms with Gasteiger partial charge in [-0.05, 0) is 56.8 Å². The standard InChI is InChI=1S/C21H27ClN2O3/c1-24-11-9-16(10-12-24)26-21(25)19(14-5-3-2-4-6-14)20-17-13-15(22)7-8-18(17)27-23-20/h7-8,13-14,16,19H,2-6,9-12H2,1H3. The van der Waals surface area contributed by atoms with Gasteiger partial charge < -0.3 is 14.2 Å². The average Bonchev–Trinajstić information content (AvgIpc) is 3.07. The number of hydrogen-bond donors (Lipinski definition) is 0. The van der Waals surface area contributed by atoms with Gasteiger partial charge in [0.25, 0.3) is 0 Å². The van der Waals surface area contributed by atoms with Gasteiger partial charge in [-0.15, -0.1) is 0 Å². The van der Waals surface area contributed by atoms with Crippen LogP contribution in [0.5, 0.6) is 0 Å². The second-order valence-electron chi connectivity index (χ2n) is 8.02. The fourth-order valence-electron chi connectivity index (χ4n) is 4.49. The van der Waals surface area contributed by atoms with Crippen molar-refractivity contribution in [2.24, 2.45) is 5.92 Å². The third-order valence-corrected chi connectivity index (χ3v) is 6.31. The second kappa shape index (κ2) is 8.19. The van der Waals surface area contributed by atoms with Crippen molar-refractivity contribution < 1.29 is 14.1 Å². The van der Waals surface area contributed by atoms with Crippen LogP contribution in [-0.2, 0) is 9.53 Å². The van der Waals surface area contributed by atoms with Crippen LogP contribution in [0.1, 0.15) is 56.6 Å². The molecule has 1 unspecified atom stereocenters. The lowest BCUT2D eigenvalue weighted by atomic mass is 9.78. The van der Waals surface area contributed by atoms with Crippen molar-refractivity contribution >= 4 is 28.5 Å². The number of benzene rings is 1. The number of carbonyl (C=O) groups is 1. The molecule has 1 aromatic heterocycles. The predicted octanol–water partition coefficient (Wildman–Crippen LogP) is 4.78. The molecule has 2 fully saturated rings. The third kappa shape index (κ3) is 4.14. The zero-order chi connectivity index (χ0) is 18.8. The molecule has 1 atom stereocenters. The summed E-state index contributed by atoms with van der Waals surface area (Å²) in [5.74, 6) is -0.263. The molecule has 0 amide bonds. The minimum Gasteiger partial charge on any atom is -0.462 e. The molecule has 6 heteroatoms. The minimum atomic E-state index is -0.371. The van der Waals surface area contributed by atoms with Crippen molar-refractivity contribution in [1.29, 1.82) is 0 Å². The number of piperidine rings is 1. The first-order chi connectivity index (χ1) is 13.1. The van der Waals surface area contributed by atoms with Crippen molar-refractivity contribution in [2.45, 2.75) is 57.0 Å². The molecular weight excluding hydrogens is 364 g/mol. The summed E-state index contributed by atoms with van der Waals surface area (Å²) in [5, 5.41) is 5.75. The van der Waals surface area contributed by atoms with E-state index in [2.05, 4.69) is 17.1 Å². The number of ether oxygens (including phenoxy) is 1. The molecule has 27 heavy (non-hydrogen) atoms. The van der Waals surface area contributed by atoms with Gasteiger partial charge in [0, 0.05) is 23.5 Å². The van der Waals surface area contributed by atoms with Crippen LogP contribution in [0.25, 0.3) is 11.0 Å². The van der Waals surface area contributed by atoms with E-state index in [1.54, 1.807) is 6.07 Å². The summed E-state index contributed by atoms with van der Waals surface area (Å²) in [6, 6.07) is 5.45. The minimum absolute atomic E-state index is 0.00143. The quantitative estimate of drug-likeness (QED) is 0.703. The molecule has 1 saturated heterocycles. The molecule has 0 bridgehead atoms. The molecule has 0 N–H and O–H groups in total. The Hall–Kier alpha value is -1.59. The lowest BCUT2D eigenvalue weighted by Gasteiger charge is -2.32. The summed E-state index contributed by atoms with van der Waals surface area (Å²) in [5.41, 5.74) is 1.36. The van der Waals surface area contributed by atoms with E-state index in [9.17, 15) is 4.79 Å². The summed E-state index contributed by atoms with van der Waals surface area (Å²) >= 11 is 6.20. The molecule has 146 valence electrons. The van der Waals surface area contributed by atoms with Crippen LogP contribution in [-0.4, -0.2) is 42.3 Å². The summed E-state index contributed by atoms with van der Waals surface area (Å²) in [4.78, 5) is 15.5. The first kappa shape index (κ1) is 18.8. The Morgan fingerprint density at radius 3 is 2.70 bits per heavy atom. The highest BCUT2D eigenvalue weighted by Crippen LogP contribution is 2.40. The van der Waals surface area contributed by atoms with Gasteiger partial charge in [-0.3, -0.25) is 4.79 Å². The van der Waals surface area contributed by atoms with Crippen LogP contribution < -0.4 is 0 Å². The number of hydrogen-bond acceptors (Lipinski definition) is 5. The predicted molar refractivity (Wildman–Crippen MR) is 105 cm³/mol. The van der Waals surface area contributed by atoms with E-state index >= 15 is 0 Å². The Balaban J connectivity index is 1.62. The Bertz CT molecular complexity index is 792. The number of rotatable bonds is 4. The van der Waals surface area contributed by atoms with Crippen molar-refractivity contribution in [3.8, 4) is 0 Å². The van der Waals surface area contributed by atoms with Crippen molar-refractivity contribution in [1.82, 2.24) is 10.1 Å². The third-order valence-electron chi connectivity index (χ3n) is 6.08. The number of halogens is 1. The highest BCUT2D eigenvalue weighted by Gasteiger charge is 2.37. The first-order valence-corrected chi connectivity index (χ1v) is 10.4. The summed E-state index contributed by atoms with van der Waals surface area (Å²) in [6.07, 6.45) is 7.39. The molecule has 2 aliphatic rings. The number of fused-ring (bicyclic) bond motifs is 1. The summed E-state index contributed by atoms with van der Waals surface area (Å²) < 4.78 is 11.5. The fourth-order valence-corrected chi connectivity index (χ4v) is 4.66. The summed E-state index contributed by atoms with van der Waals surface area (Å²) in [7, 11) is 2.11. The maximum Gasteiger partial charge on any atom is 0.315 e. The molecule has 1 aliphatic heterocycles. The van der Waals surface area contributed by atoms with E-state index in [0.29, 0.717) is 16.3 Å². The molecule has 2 aromatic rings. The van der Waals surface area contributed by atoms with Crippen LogP contribution in [0, 0.1) is 5.92 Å². The molecule has 4 rings (SSSR count). The number of carbonyl (C=O) groups excluding carboxylic acids is 1. The highest BCUT2D eigenvalue weighted by molar-refractivity contribution is 6.31. The van der Waals surface area contributed by atoms with E-state index < -0.39 is 0 Å². The molecule has 0 radical (unpaired) electrons. The van der Waals surface area contributed by atoms with Gasteiger partial charge in [0.2, 0.25) is 0 Å². The van der Waals surface area contributed by atoms with Crippen molar-refractivity contribution in [3.63, 3.8) is 0 Å². The van der Waals surface area contributed by atoms with Crippen LogP contribution in [0.15, 0.2) is 22.7 Å². The Kier molecular flexibility index (Phi) is 5.69. The molecule has 2 heterocycles. The topological polar surface area (TPSA) is 55.6 Å². The molecule has 5 nitrogen and oxygen atoms in total. The van der Waals surface area contributed by atoms with Gasteiger partial charge >= 0.3 is 5.97 Å². The van der Waals surface area contributed by atoms with Crippen LogP contribution in [0.4, 0.5) is 0 Å². The average molecular weight is 391 g/mol. The molecule has 1 aliphatic carbocycles. The highest BCUT2D eigenvalue weighted by atomic mass is 35.5. The van der Waals surface area contributed by atoms with Gasteiger partial charge in [0.1, 0.15) is 17.7 Å². The Morgan fingerprint density at radius 1 is 1.22 bits per heavy atom. The zero-order valence-corrected chi connectivity index (χ0v) is 16.6. The van der Waals surface area contributed by atoms with E-state index in [1.807, 2.05) is 12.1 Å². The van der Waals surface area contributed by atoms with E-state index in [4.69, 9.17) is 20.9 Å². The maximum atomic E-state index is 13.3. The van der Waals surface area contributed by atoms with Gasteiger partial charge in [0.05, 0.1) is 0 Å². The van der Waals surface area contributed by atoms with Crippen molar-refractivity contribution in [2.75, 3.05) is 20.1 Å². The van der Waals surface area contributed by atoms with E-state index in [0.717, 1.165) is 57.0 Å². The Labute approximate surface area is 165 Å². The molecule has 0 spiro atoms. The fraction of sp³-hybridized carbons (Fsp3) is 0.619. The van der Waals surface area contributed by atoms with Crippen LogP contribution in [0.2, 0.25) is 5.02 Å². The van der Waals surface area contributed by atoms with Crippen molar-refractivity contribution in [3.05, 3.63) is 28.9 Å². The maximum absolute atomic E-state index is 13.3. The number of aromatic nitrogens is 1. The smallest absolute Gasteiger partial charge is 0.315 e. The zero-order valence-electron chi connectivity index (χ0n) is 15.8. The first-order valence-electron chi connectivity index (χ1n) is 10.1. The number of nitrogens with zero attached hydrogens (tertiary/aromatic N) is 2. The Morgan fingerprint density at radius 2 is 1.96 bits per heavy atom. The lowest BCUT2D eigenvalue weighted by Crippen LogP contribution is -2.37. The van der Waals surface area contributed by atoms with Gasteiger partial charge in [-0.1, -0.05) is 36.0 Å². The monoisotopic (exact) mass is 390 g/mol. The van der Waals surface area contributed by atoms with Crippen LogP contribution >= 0.6 is 11.6 Å². The molecular formula is C21H27ClN2O3. The van der Waals surface area contributed by atoms with Gasteiger partial charge in [-0.25, -0.2) is 0 Å². The SMILES string of the molecule is CN1CCC(OC(=O)C(c2noc3ccc(Cl)cc23)C2CCCCC2)CC1. The van der Waals surface area contributed by atoms with E-state index in [-0.39, 0.29) is 23.9 Å². The van der Waals surface area contributed by atoms with Gasteiger partial charge in [-0.2, -0.15) is 0 Å². The van der Waals surface area contributed by atoms with E-state index in [1.165, 1.54) is 6.42 Å². The van der Waals surface area contributed by atoms with Crippen LogP contribution in [0.3, 0.4) is 0 Å². The normalized spacial score (nSPS) is 21.4. The number of likely N-dealkylation sites (tertiary alicyclic amines) is 1. The molecule has 1 saturated carbocycles.